The molecular weight excluding hydrogens is 214 g/mol. The number of nitrogens with two attached hydrogens (primary N) is 1. The summed E-state index contributed by atoms with van der Waals surface area (Å²) in [7, 11) is 1.40. The van der Waals surface area contributed by atoms with Crippen molar-refractivity contribution in [2.75, 3.05) is 7.11 Å². The number of rotatable bonds is 5. The lowest BCUT2D eigenvalue weighted by Crippen LogP contribution is -2.24. The van der Waals surface area contributed by atoms with Crippen LogP contribution in [0, 0.1) is 13.8 Å². The second kappa shape index (κ2) is 6.40. The summed E-state index contributed by atoms with van der Waals surface area (Å²) in [6.07, 6.45) is 1.87. The molecule has 94 valence electrons. The summed E-state index contributed by atoms with van der Waals surface area (Å²) in [5.41, 5.74) is 9.86. The van der Waals surface area contributed by atoms with E-state index in [9.17, 15) is 4.79 Å². The minimum Gasteiger partial charge on any atom is -0.469 e. The van der Waals surface area contributed by atoms with Crippen molar-refractivity contribution in [1.82, 2.24) is 0 Å². The van der Waals surface area contributed by atoms with Crippen LogP contribution in [0.1, 0.15) is 29.5 Å². The highest BCUT2D eigenvalue weighted by Crippen LogP contribution is 2.15. The maximum atomic E-state index is 11.0. The summed E-state index contributed by atoms with van der Waals surface area (Å²) < 4.78 is 4.60. The predicted octanol–water partition coefficient (Wildman–Crippen LogP) is 2.13. The van der Waals surface area contributed by atoms with E-state index in [0.717, 1.165) is 6.42 Å². The van der Waals surface area contributed by atoms with Crippen LogP contribution in [0.25, 0.3) is 0 Å². The van der Waals surface area contributed by atoms with Crippen molar-refractivity contribution >= 4 is 5.97 Å². The highest BCUT2D eigenvalue weighted by molar-refractivity contribution is 5.69. The summed E-state index contributed by atoms with van der Waals surface area (Å²) >= 11 is 0. The third-order valence-electron chi connectivity index (χ3n) is 3.15. The molecule has 1 atom stereocenters. The number of hydrogen-bond acceptors (Lipinski definition) is 3. The third kappa shape index (κ3) is 4.19. The number of methoxy groups -OCH3 is 1. The zero-order valence-corrected chi connectivity index (χ0v) is 10.8. The van der Waals surface area contributed by atoms with Crippen molar-refractivity contribution in [1.29, 1.82) is 0 Å². The third-order valence-corrected chi connectivity index (χ3v) is 3.15. The van der Waals surface area contributed by atoms with E-state index in [1.807, 2.05) is 6.07 Å². The van der Waals surface area contributed by atoms with E-state index in [4.69, 9.17) is 5.73 Å². The van der Waals surface area contributed by atoms with E-state index < -0.39 is 0 Å². The second-order valence-corrected chi connectivity index (χ2v) is 4.44. The first kappa shape index (κ1) is 13.7. The summed E-state index contributed by atoms with van der Waals surface area (Å²) in [4.78, 5) is 11.0. The molecule has 1 rings (SSSR count). The molecule has 0 saturated heterocycles. The summed E-state index contributed by atoms with van der Waals surface area (Å²) in [5.74, 6) is -0.193. The van der Waals surface area contributed by atoms with Crippen LogP contribution in [-0.2, 0) is 16.0 Å². The molecule has 17 heavy (non-hydrogen) atoms. The van der Waals surface area contributed by atoms with Gasteiger partial charge < -0.3 is 10.5 Å². The van der Waals surface area contributed by atoms with Crippen molar-refractivity contribution < 1.29 is 9.53 Å². The molecule has 0 fully saturated rings. The highest BCUT2D eigenvalue weighted by atomic mass is 16.5. The first-order chi connectivity index (χ1) is 8.04. The Hall–Kier alpha value is -1.35. The average Bonchev–Trinajstić information content (AvgIpc) is 2.32. The summed E-state index contributed by atoms with van der Waals surface area (Å²) in [6.45, 7) is 4.20. The van der Waals surface area contributed by atoms with Gasteiger partial charge in [0.05, 0.1) is 7.11 Å². The molecule has 1 aromatic carbocycles. The van der Waals surface area contributed by atoms with Crippen LogP contribution in [0.2, 0.25) is 0 Å². The Labute approximate surface area is 103 Å². The van der Waals surface area contributed by atoms with E-state index in [2.05, 4.69) is 30.7 Å². The Kier molecular flexibility index (Phi) is 5.16. The van der Waals surface area contributed by atoms with Gasteiger partial charge in [0.25, 0.3) is 0 Å². The van der Waals surface area contributed by atoms with Crippen molar-refractivity contribution in [2.24, 2.45) is 5.73 Å². The van der Waals surface area contributed by atoms with Crippen LogP contribution < -0.4 is 5.73 Å². The normalized spacial score (nSPS) is 12.2. The monoisotopic (exact) mass is 235 g/mol. The van der Waals surface area contributed by atoms with Gasteiger partial charge in [0.15, 0.2) is 0 Å². The fraction of sp³-hybridized carbons (Fsp3) is 0.500. The van der Waals surface area contributed by atoms with Gasteiger partial charge in [0.2, 0.25) is 0 Å². The van der Waals surface area contributed by atoms with Crippen LogP contribution in [0.3, 0.4) is 0 Å². The summed E-state index contributed by atoms with van der Waals surface area (Å²) in [6, 6.07) is 6.25. The first-order valence-electron chi connectivity index (χ1n) is 5.92. The van der Waals surface area contributed by atoms with Gasteiger partial charge >= 0.3 is 5.97 Å². The lowest BCUT2D eigenvalue weighted by atomic mass is 9.96. The quantitative estimate of drug-likeness (QED) is 0.795. The molecule has 2 N–H and O–H groups in total. The van der Waals surface area contributed by atoms with Crippen LogP contribution in [0.15, 0.2) is 18.2 Å². The molecule has 1 unspecified atom stereocenters. The van der Waals surface area contributed by atoms with E-state index >= 15 is 0 Å². The standard InChI is InChI=1S/C14H21NO2/c1-10-5-4-6-12(11(10)2)9-13(15)7-8-14(16)17-3/h4-6,13H,7-9,15H2,1-3H3. The van der Waals surface area contributed by atoms with Gasteiger partial charge in [-0.3, -0.25) is 4.79 Å². The molecule has 0 aromatic heterocycles. The van der Waals surface area contributed by atoms with Crippen molar-refractivity contribution in [3.63, 3.8) is 0 Å². The molecule has 1 aromatic rings. The lowest BCUT2D eigenvalue weighted by Gasteiger charge is -2.14. The van der Waals surface area contributed by atoms with E-state index in [-0.39, 0.29) is 12.0 Å². The van der Waals surface area contributed by atoms with Gasteiger partial charge in [-0.25, -0.2) is 0 Å². The maximum absolute atomic E-state index is 11.0. The van der Waals surface area contributed by atoms with Gasteiger partial charge in [-0.15, -0.1) is 0 Å². The molecule has 0 aliphatic rings. The fourth-order valence-corrected chi connectivity index (χ4v) is 1.82. The van der Waals surface area contributed by atoms with Crippen molar-refractivity contribution in [3.05, 3.63) is 34.9 Å². The largest absolute Gasteiger partial charge is 0.469 e. The molecular formula is C14H21NO2. The Morgan fingerprint density at radius 3 is 2.76 bits per heavy atom. The maximum Gasteiger partial charge on any atom is 0.305 e. The van der Waals surface area contributed by atoms with Crippen LogP contribution in [0.4, 0.5) is 0 Å². The molecule has 0 aliphatic carbocycles. The van der Waals surface area contributed by atoms with Gasteiger partial charge in [-0.2, -0.15) is 0 Å². The molecule has 0 radical (unpaired) electrons. The number of hydrogen-bond donors (Lipinski definition) is 1. The Morgan fingerprint density at radius 1 is 1.41 bits per heavy atom. The number of benzene rings is 1. The van der Waals surface area contributed by atoms with Gasteiger partial charge in [0, 0.05) is 12.5 Å². The van der Waals surface area contributed by atoms with Crippen LogP contribution in [0.5, 0.6) is 0 Å². The molecule has 0 heterocycles. The minimum absolute atomic E-state index is 0.00889. The molecule has 0 spiro atoms. The Morgan fingerprint density at radius 2 is 2.12 bits per heavy atom. The highest BCUT2D eigenvalue weighted by Gasteiger charge is 2.09. The van der Waals surface area contributed by atoms with Crippen molar-refractivity contribution in [2.45, 2.75) is 39.2 Å². The fourth-order valence-electron chi connectivity index (χ4n) is 1.82. The smallest absolute Gasteiger partial charge is 0.305 e. The predicted molar refractivity (Wildman–Crippen MR) is 68.8 cm³/mol. The van der Waals surface area contributed by atoms with Crippen LogP contribution >= 0.6 is 0 Å². The zero-order valence-electron chi connectivity index (χ0n) is 10.8. The first-order valence-corrected chi connectivity index (χ1v) is 5.92. The molecule has 0 bridgehead atoms. The number of carbonyl (C=O) groups is 1. The second-order valence-electron chi connectivity index (χ2n) is 4.44. The number of esters is 1. The molecule has 0 aliphatic heterocycles. The Bertz CT molecular complexity index is 388. The van der Waals surface area contributed by atoms with E-state index in [0.29, 0.717) is 12.8 Å². The number of carbonyl (C=O) groups excluding carboxylic acids is 1. The molecule has 0 saturated carbocycles. The molecule has 3 heteroatoms. The Balaban J connectivity index is 2.53. The average molecular weight is 235 g/mol. The number of aryl methyl sites for hydroxylation is 1. The van der Waals surface area contributed by atoms with Gasteiger partial charge in [0.1, 0.15) is 0 Å². The molecule has 3 nitrogen and oxygen atoms in total. The number of ether oxygens (including phenoxy) is 1. The van der Waals surface area contributed by atoms with Gasteiger partial charge in [-0.05, 0) is 43.4 Å². The van der Waals surface area contributed by atoms with E-state index in [1.165, 1.54) is 23.8 Å². The topological polar surface area (TPSA) is 52.3 Å². The van der Waals surface area contributed by atoms with Crippen molar-refractivity contribution in [3.8, 4) is 0 Å². The lowest BCUT2D eigenvalue weighted by molar-refractivity contribution is -0.140. The summed E-state index contributed by atoms with van der Waals surface area (Å²) in [5, 5.41) is 0. The zero-order chi connectivity index (χ0) is 12.8. The van der Waals surface area contributed by atoms with Crippen LogP contribution in [-0.4, -0.2) is 19.1 Å². The van der Waals surface area contributed by atoms with E-state index in [1.54, 1.807) is 0 Å². The van der Waals surface area contributed by atoms with Gasteiger partial charge in [-0.1, -0.05) is 18.2 Å². The molecule has 0 amide bonds. The SMILES string of the molecule is COC(=O)CCC(N)Cc1cccc(C)c1C. The minimum atomic E-state index is -0.193.